The van der Waals surface area contributed by atoms with Gasteiger partial charge in [0.1, 0.15) is 0 Å². The summed E-state index contributed by atoms with van der Waals surface area (Å²) in [6, 6.07) is 0. The Morgan fingerprint density at radius 2 is 1.05 bits per heavy atom. The molecule has 2 heteroatoms. The third-order valence-corrected chi connectivity index (χ3v) is 4.11. The Morgan fingerprint density at radius 1 is 0.571 bits per heavy atom. The lowest BCUT2D eigenvalue weighted by atomic mass is 10.1. The zero-order valence-electron chi connectivity index (χ0n) is 15.2. The number of nitrogens with zero attached hydrogens (tertiary/aromatic N) is 1. The number of unbranched alkanes of at least 4 members (excludes halogenated alkanes) is 9. The molecule has 128 valence electrons. The third kappa shape index (κ3) is 17.9. The molecule has 0 N–H and O–H groups in total. The quantitative estimate of drug-likeness (QED) is 0.321. The van der Waals surface area contributed by atoms with Crippen molar-refractivity contribution in [2.75, 3.05) is 33.4 Å². The summed E-state index contributed by atoms with van der Waals surface area (Å²) in [5, 5.41) is 0. The number of ether oxygens (including phenoxy) is 1. The first kappa shape index (κ1) is 20.9. The van der Waals surface area contributed by atoms with Gasteiger partial charge in [-0.1, -0.05) is 65.2 Å². The number of rotatable bonds is 17. The molecule has 0 saturated heterocycles. The van der Waals surface area contributed by atoms with Crippen LogP contribution in [0.4, 0.5) is 0 Å². The minimum atomic E-state index is 0.976. The van der Waals surface area contributed by atoms with E-state index in [2.05, 4.69) is 25.8 Å². The van der Waals surface area contributed by atoms with Crippen molar-refractivity contribution in [2.45, 2.75) is 90.9 Å². The summed E-state index contributed by atoms with van der Waals surface area (Å²) >= 11 is 0. The molecule has 0 bridgehead atoms. The van der Waals surface area contributed by atoms with E-state index in [-0.39, 0.29) is 0 Å². The van der Waals surface area contributed by atoms with Gasteiger partial charge in [0, 0.05) is 13.2 Å². The maximum absolute atomic E-state index is 5.67. The van der Waals surface area contributed by atoms with Crippen molar-refractivity contribution in [2.24, 2.45) is 0 Å². The molecule has 0 rings (SSSR count). The maximum Gasteiger partial charge on any atom is 0.0466 e. The van der Waals surface area contributed by atoms with Gasteiger partial charge in [0.2, 0.25) is 0 Å². The highest BCUT2D eigenvalue weighted by atomic mass is 16.5. The molecule has 2 nitrogen and oxygen atoms in total. The Labute approximate surface area is 134 Å². The fraction of sp³-hybridized carbons (Fsp3) is 1.00. The molecule has 0 aliphatic carbocycles. The molecular weight excluding hydrogens is 258 g/mol. The van der Waals surface area contributed by atoms with Crippen LogP contribution in [0, 0.1) is 0 Å². The lowest BCUT2D eigenvalue weighted by Crippen LogP contribution is -2.20. The van der Waals surface area contributed by atoms with Crippen molar-refractivity contribution in [3.8, 4) is 0 Å². The molecule has 0 atom stereocenters. The Balaban J connectivity index is 3.02. The van der Waals surface area contributed by atoms with Crippen LogP contribution >= 0.6 is 0 Å². The van der Waals surface area contributed by atoms with E-state index >= 15 is 0 Å². The summed E-state index contributed by atoms with van der Waals surface area (Å²) in [7, 11) is 2.26. The topological polar surface area (TPSA) is 12.5 Å². The summed E-state index contributed by atoms with van der Waals surface area (Å²) < 4.78 is 5.67. The van der Waals surface area contributed by atoms with Gasteiger partial charge in [-0.3, -0.25) is 0 Å². The minimum Gasteiger partial charge on any atom is -0.381 e. The molecule has 0 amide bonds. The van der Waals surface area contributed by atoms with Crippen LogP contribution in [0.15, 0.2) is 0 Å². The van der Waals surface area contributed by atoms with Gasteiger partial charge in [-0.05, 0) is 45.8 Å². The molecule has 0 aromatic heterocycles. The van der Waals surface area contributed by atoms with Crippen LogP contribution < -0.4 is 0 Å². The van der Waals surface area contributed by atoms with Gasteiger partial charge in [0.05, 0.1) is 0 Å². The van der Waals surface area contributed by atoms with E-state index in [1.807, 2.05) is 0 Å². The van der Waals surface area contributed by atoms with E-state index in [0.717, 1.165) is 13.2 Å². The van der Waals surface area contributed by atoms with Gasteiger partial charge in [0.25, 0.3) is 0 Å². The van der Waals surface area contributed by atoms with E-state index < -0.39 is 0 Å². The number of hydrogen-bond donors (Lipinski definition) is 0. The van der Waals surface area contributed by atoms with Crippen molar-refractivity contribution < 1.29 is 4.74 Å². The van der Waals surface area contributed by atoms with Crippen molar-refractivity contribution in [1.82, 2.24) is 4.90 Å². The van der Waals surface area contributed by atoms with Gasteiger partial charge >= 0.3 is 0 Å². The highest BCUT2D eigenvalue weighted by molar-refractivity contribution is 4.52. The average Bonchev–Trinajstić information content (AvgIpc) is 2.49. The first-order valence-electron chi connectivity index (χ1n) is 9.57. The zero-order valence-corrected chi connectivity index (χ0v) is 15.2. The molecule has 0 spiro atoms. The van der Waals surface area contributed by atoms with Crippen molar-refractivity contribution in [3.05, 3.63) is 0 Å². The van der Waals surface area contributed by atoms with Gasteiger partial charge in [-0.2, -0.15) is 0 Å². The lowest BCUT2D eigenvalue weighted by Gasteiger charge is -2.15. The lowest BCUT2D eigenvalue weighted by molar-refractivity contribution is 0.125. The van der Waals surface area contributed by atoms with Crippen molar-refractivity contribution in [3.63, 3.8) is 0 Å². The highest BCUT2D eigenvalue weighted by Gasteiger charge is 1.97. The van der Waals surface area contributed by atoms with Crippen LogP contribution in [0.5, 0.6) is 0 Å². The van der Waals surface area contributed by atoms with Crippen molar-refractivity contribution in [1.29, 1.82) is 0 Å². The monoisotopic (exact) mass is 299 g/mol. The molecule has 0 fully saturated rings. The molecule has 0 radical (unpaired) electrons. The largest absolute Gasteiger partial charge is 0.381 e. The van der Waals surface area contributed by atoms with Crippen molar-refractivity contribution >= 4 is 0 Å². The Hall–Kier alpha value is -0.0800. The van der Waals surface area contributed by atoms with E-state index in [0.29, 0.717) is 0 Å². The van der Waals surface area contributed by atoms with Crippen LogP contribution in [0.1, 0.15) is 90.9 Å². The van der Waals surface area contributed by atoms with E-state index in [1.54, 1.807) is 0 Å². The van der Waals surface area contributed by atoms with Gasteiger partial charge in [-0.25, -0.2) is 0 Å². The zero-order chi connectivity index (χ0) is 15.6. The van der Waals surface area contributed by atoms with Crippen LogP contribution in [-0.4, -0.2) is 38.3 Å². The Bertz CT molecular complexity index is 184. The fourth-order valence-corrected chi connectivity index (χ4v) is 2.57. The SMILES string of the molecule is CCCCCCOCCCCCCCCN(C)CCCC. The second kappa shape index (κ2) is 18.0. The van der Waals surface area contributed by atoms with Gasteiger partial charge in [-0.15, -0.1) is 0 Å². The maximum atomic E-state index is 5.67. The van der Waals surface area contributed by atoms with Gasteiger partial charge in [0.15, 0.2) is 0 Å². The predicted molar refractivity (Wildman–Crippen MR) is 95.1 cm³/mol. The fourth-order valence-electron chi connectivity index (χ4n) is 2.57. The molecule has 0 heterocycles. The average molecular weight is 300 g/mol. The first-order chi connectivity index (χ1) is 10.3. The van der Waals surface area contributed by atoms with Crippen LogP contribution in [0.2, 0.25) is 0 Å². The molecule has 0 aromatic rings. The predicted octanol–water partition coefficient (Wildman–Crippen LogP) is 5.66. The second-order valence-electron chi connectivity index (χ2n) is 6.45. The van der Waals surface area contributed by atoms with Crippen LogP contribution in [0.25, 0.3) is 0 Å². The minimum absolute atomic E-state index is 0.976. The van der Waals surface area contributed by atoms with E-state index in [9.17, 15) is 0 Å². The number of hydrogen-bond acceptors (Lipinski definition) is 2. The Kier molecular flexibility index (Phi) is 17.9. The second-order valence-corrected chi connectivity index (χ2v) is 6.45. The normalized spacial score (nSPS) is 11.4. The standard InChI is InChI=1S/C19H41NO/c1-4-6-8-14-18-21-19-15-12-10-9-11-13-17-20(3)16-7-5-2/h4-19H2,1-3H3. The molecular formula is C19H41NO. The molecule has 0 unspecified atom stereocenters. The molecule has 0 saturated carbocycles. The highest BCUT2D eigenvalue weighted by Crippen LogP contribution is 2.07. The molecule has 0 aliphatic heterocycles. The summed E-state index contributed by atoms with van der Waals surface area (Å²) in [5.74, 6) is 0. The summed E-state index contributed by atoms with van der Waals surface area (Å²) in [6.07, 6.45) is 16.1. The first-order valence-corrected chi connectivity index (χ1v) is 9.57. The third-order valence-electron chi connectivity index (χ3n) is 4.11. The van der Waals surface area contributed by atoms with Crippen LogP contribution in [0.3, 0.4) is 0 Å². The van der Waals surface area contributed by atoms with E-state index in [4.69, 9.17) is 4.74 Å². The Morgan fingerprint density at radius 3 is 1.67 bits per heavy atom. The molecule has 0 aromatic carbocycles. The smallest absolute Gasteiger partial charge is 0.0466 e. The van der Waals surface area contributed by atoms with E-state index in [1.165, 1.54) is 90.1 Å². The summed E-state index contributed by atoms with van der Waals surface area (Å²) in [6.45, 7) is 9.02. The summed E-state index contributed by atoms with van der Waals surface area (Å²) in [5.41, 5.74) is 0. The summed E-state index contributed by atoms with van der Waals surface area (Å²) in [4.78, 5) is 2.48. The molecule has 0 aliphatic rings. The van der Waals surface area contributed by atoms with Crippen LogP contribution in [-0.2, 0) is 4.74 Å². The van der Waals surface area contributed by atoms with Gasteiger partial charge < -0.3 is 9.64 Å². The molecule has 21 heavy (non-hydrogen) atoms.